The van der Waals surface area contributed by atoms with Crippen LogP contribution in [0.4, 0.5) is 11.4 Å². The summed E-state index contributed by atoms with van der Waals surface area (Å²) in [5, 5.41) is 3.41. The van der Waals surface area contributed by atoms with Gasteiger partial charge in [0.2, 0.25) is 5.91 Å². The van der Waals surface area contributed by atoms with Gasteiger partial charge < -0.3 is 15.0 Å². The summed E-state index contributed by atoms with van der Waals surface area (Å²) in [6, 6.07) is 16.4. The minimum absolute atomic E-state index is 0.127. The van der Waals surface area contributed by atoms with E-state index in [2.05, 4.69) is 31.3 Å². The van der Waals surface area contributed by atoms with Crippen molar-refractivity contribution in [2.75, 3.05) is 23.4 Å². The Labute approximate surface area is 156 Å². The Bertz CT molecular complexity index is 742. The lowest BCUT2D eigenvalue weighted by Crippen LogP contribution is -2.35. The first-order chi connectivity index (χ1) is 12.6. The monoisotopic (exact) mass is 352 g/mol. The van der Waals surface area contributed by atoms with E-state index in [4.69, 9.17) is 4.74 Å². The van der Waals surface area contributed by atoms with Gasteiger partial charge in [-0.3, -0.25) is 4.79 Å². The van der Waals surface area contributed by atoms with Crippen LogP contribution in [0, 0.1) is 0 Å². The van der Waals surface area contributed by atoms with Crippen LogP contribution in [0.2, 0.25) is 0 Å². The summed E-state index contributed by atoms with van der Waals surface area (Å²) in [6.07, 6.45) is 1.61. The predicted molar refractivity (Wildman–Crippen MR) is 107 cm³/mol. The van der Waals surface area contributed by atoms with E-state index in [-0.39, 0.29) is 11.9 Å². The largest absolute Gasteiger partial charge is 0.492 e. The molecule has 0 aliphatic carbocycles. The van der Waals surface area contributed by atoms with Crippen LogP contribution in [0.15, 0.2) is 48.5 Å². The molecule has 0 bridgehead atoms. The van der Waals surface area contributed by atoms with Crippen LogP contribution >= 0.6 is 0 Å². The average Bonchev–Trinajstić information content (AvgIpc) is 2.77. The van der Waals surface area contributed by atoms with Crippen molar-refractivity contribution in [1.82, 2.24) is 0 Å². The number of nitrogens with zero attached hydrogens (tertiary/aromatic N) is 1. The number of para-hydroxylation sites is 2. The lowest BCUT2D eigenvalue weighted by Gasteiger charge is -2.22. The molecule has 2 atom stereocenters. The van der Waals surface area contributed by atoms with Crippen LogP contribution in [0.5, 0.6) is 5.75 Å². The Hall–Kier alpha value is -2.49. The van der Waals surface area contributed by atoms with Gasteiger partial charge in [-0.2, -0.15) is 0 Å². The summed E-state index contributed by atoms with van der Waals surface area (Å²) >= 11 is 0. The maximum atomic E-state index is 12.6. The lowest BCUT2D eigenvalue weighted by molar-refractivity contribution is -0.118. The first-order valence-corrected chi connectivity index (χ1v) is 9.47. The number of benzene rings is 2. The molecule has 3 rings (SSSR count). The molecule has 1 heterocycles. The Balaban J connectivity index is 1.64. The van der Waals surface area contributed by atoms with Gasteiger partial charge in [-0.15, -0.1) is 0 Å². The normalized spacial score (nSPS) is 17.9. The van der Waals surface area contributed by atoms with Gasteiger partial charge in [-0.25, -0.2) is 0 Å². The first kappa shape index (κ1) is 18.3. The van der Waals surface area contributed by atoms with Gasteiger partial charge >= 0.3 is 0 Å². The van der Waals surface area contributed by atoms with Crippen LogP contribution < -0.4 is 15.0 Å². The molecule has 26 heavy (non-hydrogen) atoms. The zero-order chi connectivity index (χ0) is 18.5. The van der Waals surface area contributed by atoms with Gasteiger partial charge in [0.25, 0.3) is 0 Å². The summed E-state index contributed by atoms with van der Waals surface area (Å²) in [5.74, 6) is 1.54. The zero-order valence-corrected chi connectivity index (χ0v) is 15.9. The Kier molecular flexibility index (Phi) is 5.82. The molecule has 0 fully saturated rings. The number of ether oxygens (including phenoxy) is 1. The third-order valence-electron chi connectivity index (χ3n) is 5.02. The van der Waals surface area contributed by atoms with E-state index in [1.54, 1.807) is 0 Å². The summed E-state index contributed by atoms with van der Waals surface area (Å²) in [4.78, 5) is 14.4. The summed E-state index contributed by atoms with van der Waals surface area (Å²) in [5.41, 5.74) is 3.26. The highest BCUT2D eigenvalue weighted by atomic mass is 16.5. The molecule has 0 spiro atoms. The number of rotatable bonds is 6. The maximum absolute atomic E-state index is 12.6. The van der Waals surface area contributed by atoms with Crippen LogP contribution in [-0.4, -0.2) is 25.1 Å². The first-order valence-electron chi connectivity index (χ1n) is 9.47. The average molecular weight is 352 g/mol. The van der Waals surface area contributed by atoms with Crippen molar-refractivity contribution in [3.63, 3.8) is 0 Å². The van der Waals surface area contributed by atoms with E-state index in [0.717, 1.165) is 23.5 Å². The van der Waals surface area contributed by atoms with E-state index in [1.807, 2.05) is 48.2 Å². The minimum Gasteiger partial charge on any atom is -0.492 e. The number of anilines is 2. The second-order valence-corrected chi connectivity index (χ2v) is 7.04. The smallest absolute Gasteiger partial charge is 0.229 e. The Morgan fingerprint density at radius 3 is 2.65 bits per heavy atom. The summed E-state index contributed by atoms with van der Waals surface area (Å²) in [7, 11) is 0. The fourth-order valence-corrected chi connectivity index (χ4v) is 3.28. The van der Waals surface area contributed by atoms with Gasteiger partial charge in [0.1, 0.15) is 12.4 Å². The van der Waals surface area contributed by atoms with Crippen molar-refractivity contribution in [1.29, 1.82) is 0 Å². The van der Waals surface area contributed by atoms with Crippen molar-refractivity contribution in [2.45, 2.75) is 45.6 Å². The minimum atomic E-state index is 0.127. The molecule has 4 heteroatoms. The molecule has 1 amide bonds. The van der Waals surface area contributed by atoms with Crippen molar-refractivity contribution < 1.29 is 9.53 Å². The topological polar surface area (TPSA) is 41.6 Å². The molecule has 0 saturated carbocycles. The number of amides is 1. The quantitative estimate of drug-likeness (QED) is 0.811. The van der Waals surface area contributed by atoms with Crippen molar-refractivity contribution in [2.24, 2.45) is 0 Å². The molecule has 0 aromatic heterocycles. The van der Waals surface area contributed by atoms with Crippen LogP contribution in [0.25, 0.3) is 0 Å². The summed E-state index contributed by atoms with van der Waals surface area (Å²) in [6.45, 7) is 7.47. The second-order valence-electron chi connectivity index (χ2n) is 7.04. The highest BCUT2D eigenvalue weighted by Crippen LogP contribution is 2.30. The van der Waals surface area contributed by atoms with E-state index in [0.29, 0.717) is 25.5 Å². The third kappa shape index (κ3) is 4.18. The lowest BCUT2D eigenvalue weighted by atomic mass is 9.99. The highest BCUT2D eigenvalue weighted by Gasteiger charge is 2.24. The van der Waals surface area contributed by atoms with Gasteiger partial charge in [0.15, 0.2) is 0 Å². The van der Waals surface area contributed by atoms with Crippen LogP contribution in [0.1, 0.15) is 45.1 Å². The number of carbonyl (C=O) groups is 1. The standard InChI is InChI=1S/C22H28N2O2/c1-4-16(2)18-9-11-19(12-10-18)26-14-13-24-21-8-6-5-7-20(21)23-17(3)15-22(24)25/h5-12,16-17,23H,4,13-15H2,1-3H3/t16-,17+/m0/s1. The maximum Gasteiger partial charge on any atom is 0.229 e. The molecule has 4 nitrogen and oxygen atoms in total. The van der Waals surface area contributed by atoms with Crippen molar-refractivity contribution >= 4 is 17.3 Å². The fraction of sp³-hybridized carbons (Fsp3) is 0.409. The van der Waals surface area contributed by atoms with E-state index < -0.39 is 0 Å². The number of fused-ring (bicyclic) bond motifs is 1. The number of nitrogens with one attached hydrogen (secondary N) is 1. The highest BCUT2D eigenvalue weighted by molar-refractivity contribution is 5.98. The van der Waals surface area contributed by atoms with Gasteiger partial charge in [0, 0.05) is 12.5 Å². The van der Waals surface area contributed by atoms with Crippen LogP contribution in [-0.2, 0) is 4.79 Å². The molecular weight excluding hydrogens is 324 g/mol. The van der Waals surface area contributed by atoms with Gasteiger partial charge in [-0.1, -0.05) is 38.1 Å². The summed E-state index contributed by atoms with van der Waals surface area (Å²) < 4.78 is 5.89. The van der Waals surface area contributed by atoms with Crippen LogP contribution in [0.3, 0.4) is 0 Å². The molecule has 2 aromatic carbocycles. The second kappa shape index (κ2) is 8.26. The Morgan fingerprint density at radius 1 is 1.19 bits per heavy atom. The number of carbonyl (C=O) groups excluding carboxylic acids is 1. The van der Waals surface area contributed by atoms with E-state index >= 15 is 0 Å². The van der Waals surface area contributed by atoms with E-state index in [9.17, 15) is 4.79 Å². The SMILES string of the molecule is CC[C@H](C)c1ccc(OCCN2C(=O)C[C@@H](C)Nc3ccccc32)cc1. The third-order valence-corrected chi connectivity index (χ3v) is 5.02. The number of hydrogen-bond acceptors (Lipinski definition) is 3. The Morgan fingerprint density at radius 2 is 1.92 bits per heavy atom. The molecule has 2 aromatic rings. The predicted octanol–water partition coefficient (Wildman–Crippen LogP) is 4.82. The van der Waals surface area contributed by atoms with Crippen molar-refractivity contribution in [3.8, 4) is 5.75 Å². The molecular formula is C22H28N2O2. The van der Waals surface area contributed by atoms with E-state index in [1.165, 1.54) is 5.56 Å². The van der Waals surface area contributed by atoms with Crippen molar-refractivity contribution in [3.05, 3.63) is 54.1 Å². The van der Waals surface area contributed by atoms with Gasteiger partial charge in [0.05, 0.1) is 17.9 Å². The molecule has 0 radical (unpaired) electrons. The zero-order valence-electron chi connectivity index (χ0n) is 15.9. The molecule has 1 aliphatic rings. The fourth-order valence-electron chi connectivity index (χ4n) is 3.28. The molecule has 1 N–H and O–H groups in total. The molecule has 0 saturated heterocycles. The molecule has 0 unspecified atom stereocenters. The molecule has 138 valence electrons. The van der Waals surface area contributed by atoms with Gasteiger partial charge in [-0.05, 0) is 49.1 Å². The number of hydrogen-bond donors (Lipinski definition) is 1. The molecule has 1 aliphatic heterocycles.